The van der Waals surface area contributed by atoms with Gasteiger partial charge in [0.05, 0.1) is 0 Å². The van der Waals surface area contributed by atoms with Crippen LogP contribution in [-0.2, 0) is 0 Å². The third kappa shape index (κ3) is 5.27. The molecule has 0 aliphatic carbocycles. The Kier molecular flexibility index (Phi) is 6.21. The van der Waals surface area contributed by atoms with Crippen molar-refractivity contribution in [2.75, 3.05) is 32.7 Å². The van der Waals surface area contributed by atoms with Crippen LogP contribution in [0.5, 0.6) is 0 Å². The van der Waals surface area contributed by atoms with Crippen molar-refractivity contribution in [3.63, 3.8) is 0 Å². The molecule has 1 N–H and O–H groups in total. The molecule has 78 valence electrons. The Morgan fingerprint density at radius 2 is 1.69 bits per heavy atom. The van der Waals surface area contributed by atoms with Crippen LogP contribution in [0.4, 0.5) is 0 Å². The highest BCUT2D eigenvalue weighted by Gasteiger charge is 2.07. The third-order valence-electron chi connectivity index (χ3n) is 2.79. The lowest BCUT2D eigenvalue weighted by Gasteiger charge is -2.26. The second-order valence-corrected chi connectivity index (χ2v) is 4.01. The predicted octanol–water partition coefficient (Wildman–Crippen LogP) is 1.86. The van der Waals surface area contributed by atoms with Crippen LogP contribution in [-0.4, -0.2) is 37.6 Å². The molecule has 0 aromatic heterocycles. The van der Waals surface area contributed by atoms with E-state index in [1.807, 2.05) is 0 Å². The summed E-state index contributed by atoms with van der Waals surface area (Å²) in [4.78, 5) is 2.59. The van der Waals surface area contributed by atoms with Crippen molar-refractivity contribution in [2.45, 2.75) is 39.0 Å². The van der Waals surface area contributed by atoms with E-state index in [-0.39, 0.29) is 0 Å². The van der Waals surface area contributed by atoms with E-state index < -0.39 is 0 Å². The highest BCUT2D eigenvalue weighted by atomic mass is 15.2. The molecule has 1 saturated heterocycles. The van der Waals surface area contributed by atoms with Crippen LogP contribution in [0, 0.1) is 0 Å². The molecule has 0 amide bonds. The Balaban J connectivity index is 1.86. The van der Waals surface area contributed by atoms with Crippen LogP contribution in [0.1, 0.15) is 39.0 Å². The van der Waals surface area contributed by atoms with Crippen molar-refractivity contribution in [1.82, 2.24) is 10.2 Å². The van der Waals surface area contributed by atoms with E-state index in [0.29, 0.717) is 0 Å². The van der Waals surface area contributed by atoms with Gasteiger partial charge in [0, 0.05) is 26.2 Å². The molecule has 0 atom stereocenters. The predicted molar refractivity (Wildman–Crippen MR) is 58.1 cm³/mol. The highest BCUT2D eigenvalue weighted by molar-refractivity contribution is 4.66. The highest BCUT2D eigenvalue weighted by Crippen LogP contribution is 2.04. The first kappa shape index (κ1) is 11.0. The van der Waals surface area contributed by atoms with Crippen LogP contribution in [0.15, 0.2) is 0 Å². The van der Waals surface area contributed by atoms with Gasteiger partial charge in [-0.1, -0.05) is 32.6 Å². The minimum absolute atomic E-state index is 1.19. The van der Waals surface area contributed by atoms with Gasteiger partial charge in [-0.25, -0.2) is 0 Å². The second kappa shape index (κ2) is 7.34. The van der Waals surface area contributed by atoms with E-state index in [1.54, 1.807) is 0 Å². The van der Waals surface area contributed by atoms with E-state index in [9.17, 15) is 0 Å². The van der Waals surface area contributed by atoms with Crippen LogP contribution in [0.3, 0.4) is 0 Å². The maximum absolute atomic E-state index is 3.38. The van der Waals surface area contributed by atoms with Gasteiger partial charge in [0.15, 0.2) is 0 Å². The first-order valence-electron chi connectivity index (χ1n) is 5.86. The molecule has 1 rings (SSSR count). The monoisotopic (exact) mass is 184 g/mol. The van der Waals surface area contributed by atoms with Crippen LogP contribution in [0.25, 0.3) is 0 Å². The number of hydrogen-bond donors (Lipinski definition) is 1. The normalized spacial score (nSPS) is 19.2. The summed E-state index contributed by atoms with van der Waals surface area (Å²) >= 11 is 0. The van der Waals surface area contributed by atoms with E-state index in [1.165, 1.54) is 64.8 Å². The summed E-state index contributed by atoms with van der Waals surface area (Å²) in [6.45, 7) is 8.49. The molecule has 0 bridgehead atoms. The Morgan fingerprint density at radius 3 is 2.38 bits per heavy atom. The maximum atomic E-state index is 3.38. The molecule has 1 aliphatic rings. The van der Waals surface area contributed by atoms with Crippen LogP contribution < -0.4 is 5.32 Å². The lowest BCUT2D eigenvalue weighted by atomic mass is 10.1. The van der Waals surface area contributed by atoms with Crippen LogP contribution >= 0.6 is 0 Å². The first-order chi connectivity index (χ1) is 6.43. The number of unbranched alkanes of at least 4 members (excludes halogenated alkanes) is 4. The fourth-order valence-corrected chi connectivity index (χ4v) is 1.87. The van der Waals surface area contributed by atoms with Gasteiger partial charge in [0.1, 0.15) is 0 Å². The molecule has 0 spiro atoms. The van der Waals surface area contributed by atoms with Gasteiger partial charge in [-0.2, -0.15) is 0 Å². The topological polar surface area (TPSA) is 15.3 Å². The molecule has 1 aliphatic heterocycles. The van der Waals surface area contributed by atoms with Gasteiger partial charge in [-0.3, -0.25) is 0 Å². The number of piperazine rings is 1. The molecule has 0 unspecified atom stereocenters. The molecule has 2 nitrogen and oxygen atoms in total. The minimum Gasteiger partial charge on any atom is -0.314 e. The lowest BCUT2D eigenvalue weighted by molar-refractivity contribution is 0.236. The van der Waals surface area contributed by atoms with Crippen molar-refractivity contribution in [1.29, 1.82) is 0 Å². The average Bonchev–Trinajstić information content (AvgIpc) is 2.19. The van der Waals surface area contributed by atoms with Gasteiger partial charge >= 0.3 is 0 Å². The zero-order valence-corrected chi connectivity index (χ0v) is 9.02. The smallest absolute Gasteiger partial charge is 0.0107 e. The largest absolute Gasteiger partial charge is 0.314 e. The number of nitrogens with one attached hydrogen (secondary N) is 1. The maximum Gasteiger partial charge on any atom is 0.0107 e. The molecule has 0 radical (unpaired) electrons. The van der Waals surface area contributed by atoms with E-state index in [2.05, 4.69) is 17.1 Å². The fraction of sp³-hybridized carbons (Fsp3) is 1.00. The summed E-state index contributed by atoms with van der Waals surface area (Å²) in [7, 11) is 0. The van der Waals surface area contributed by atoms with Crippen molar-refractivity contribution in [3.05, 3.63) is 0 Å². The number of hydrogen-bond acceptors (Lipinski definition) is 2. The van der Waals surface area contributed by atoms with Crippen molar-refractivity contribution in [3.8, 4) is 0 Å². The van der Waals surface area contributed by atoms with Gasteiger partial charge in [-0.05, 0) is 13.0 Å². The van der Waals surface area contributed by atoms with Gasteiger partial charge in [-0.15, -0.1) is 0 Å². The van der Waals surface area contributed by atoms with Crippen molar-refractivity contribution >= 4 is 0 Å². The Morgan fingerprint density at radius 1 is 1.00 bits per heavy atom. The van der Waals surface area contributed by atoms with Gasteiger partial charge < -0.3 is 10.2 Å². The first-order valence-corrected chi connectivity index (χ1v) is 5.86. The molecule has 1 fully saturated rings. The summed E-state index contributed by atoms with van der Waals surface area (Å²) in [5, 5.41) is 3.38. The van der Waals surface area contributed by atoms with Gasteiger partial charge in [0.25, 0.3) is 0 Å². The molecule has 0 aromatic carbocycles. The Hall–Kier alpha value is -0.0800. The van der Waals surface area contributed by atoms with Crippen molar-refractivity contribution < 1.29 is 0 Å². The summed E-state index contributed by atoms with van der Waals surface area (Å²) in [5.41, 5.74) is 0. The zero-order valence-electron chi connectivity index (χ0n) is 9.02. The minimum atomic E-state index is 1.19. The fourth-order valence-electron chi connectivity index (χ4n) is 1.87. The molecule has 13 heavy (non-hydrogen) atoms. The quantitative estimate of drug-likeness (QED) is 0.634. The summed E-state index contributed by atoms with van der Waals surface area (Å²) in [6.07, 6.45) is 7.04. The standard InChI is InChI=1S/C11H24N2/c1-2-3-4-5-6-9-13-10-7-12-8-11-13/h12H,2-11H2,1H3. The Labute approximate surface area is 82.7 Å². The average molecular weight is 184 g/mol. The van der Waals surface area contributed by atoms with Gasteiger partial charge in [0.2, 0.25) is 0 Å². The Bertz CT molecular complexity index is 109. The summed E-state index contributed by atoms with van der Waals surface area (Å²) in [5.74, 6) is 0. The van der Waals surface area contributed by atoms with E-state index >= 15 is 0 Å². The molecular formula is C11H24N2. The summed E-state index contributed by atoms with van der Waals surface area (Å²) < 4.78 is 0. The SMILES string of the molecule is CCCCCCCN1CCNCC1. The molecule has 0 saturated carbocycles. The zero-order chi connectivity index (χ0) is 9.36. The van der Waals surface area contributed by atoms with Crippen molar-refractivity contribution in [2.24, 2.45) is 0 Å². The molecule has 0 aromatic rings. The number of rotatable bonds is 6. The summed E-state index contributed by atoms with van der Waals surface area (Å²) in [6, 6.07) is 0. The second-order valence-electron chi connectivity index (χ2n) is 4.01. The molecule has 1 heterocycles. The molecular weight excluding hydrogens is 160 g/mol. The third-order valence-corrected chi connectivity index (χ3v) is 2.79. The van der Waals surface area contributed by atoms with Crippen LogP contribution in [0.2, 0.25) is 0 Å². The van der Waals surface area contributed by atoms with E-state index in [0.717, 1.165) is 0 Å². The lowest BCUT2D eigenvalue weighted by Crippen LogP contribution is -2.43. The molecule has 2 heteroatoms. The number of nitrogens with zero attached hydrogens (tertiary/aromatic N) is 1. The van der Waals surface area contributed by atoms with E-state index in [4.69, 9.17) is 0 Å².